The van der Waals surface area contributed by atoms with Crippen LogP contribution in [0.4, 0.5) is 0 Å². The predicted molar refractivity (Wildman–Crippen MR) is 80.4 cm³/mol. The van der Waals surface area contributed by atoms with E-state index in [1.165, 1.54) is 4.88 Å². The summed E-state index contributed by atoms with van der Waals surface area (Å²) in [5.74, 6) is 5.92. The van der Waals surface area contributed by atoms with Crippen LogP contribution in [0.3, 0.4) is 0 Å². The van der Waals surface area contributed by atoms with Crippen LogP contribution in [0.2, 0.25) is 0 Å². The molecule has 108 valence electrons. The fraction of sp³-hybridized carbons (Fsp3) is 0.533. The molecule has 1 fully saturated rings. The maximum absolute atomic E-state index is 11.6. The first-order valence-electron chi connectivity index (χ1n) is 6.84. The van der Waals surface area contributed by atoms with Crippen LogP contribution in [0.1, 0.15) is 23.3 Å². The molecule has 1 aromatic rings. The van der Waals surface area contributed by atoms with Crippen LogP contribution in [0, 0.1) is 17.8 Å². The van der Waals surface area contributed by atoms with Crippen molar-refractivity contribution in [2.75, 3.05) is 26.7 Å². The third-order valence-corrected chi connectivity index (χ3v) is 4.47. The van der Waals surface area contributed by atoms with Crippen LogP contribution in [0.25, 0.3) is 0 Å². The Bertz CT molecular complexity index is 507. The van der Waals surface area contributed by atoms with Crippen molar-refractivity contribution in [2.45, 2.75) is 19.4 Å². The summed E-state index contributed by atoms with van der Waals surface area (Å²) in [7, 11) is 1.70. The molecule has 1 amide bonds. The molecule has 0 bridgehead atoms. The standard InChI is InChI=1S/C15H20N2O2S/c1-16-15(19)13-4-6-17(7-5-13)10-14-9-12(11-20-14)3-2-8-18/h9,11,13,18H,4-8,10H2,1H3,(H,16,19). The molecule has 1 aromatic heterocycles. The number of amides is 1. The molecule has 0 unspecified atom stereocenters. The number of carbonyl (C=O) groups excluding carboxylic acids is 1. The van der Waals surface area contributed by atoms with E-state index in [1.807, 2.05) is 5.38 Å². The fourth-order valence-corrected chi connectivity index (χ4v) is 3.31. The molecule has 0 atom stereocenters. The predicted octanol–water partition coefficient (Wildman–Crippen LogP) is 1.05. The first kappa shape index (κ1) is 15.0. The van der Waals surface area contributed by atoms with Gasteiger partial charge in [-0.2, -0.15) is 0 Å². The highest BCUT2D eigenvalue weighted by Crippen LogP contribution is 2.21. The molecule has 4 nitrogen and oxygen atoms in total. The first-order chi connectivity index (χ1) is 9.72. The topological polar surface area (TPSA) is 52.6 Å². The molecule has 0 radical (unpaired) electrons. The number of aliphatic hydroxyl groups is 1. The van der Waals surface area contributed by atoms with Crippen molar-refractivity contribution in [1.29, 1.82) is 0 Å². The zero-order valence-electron chi connectivity index (χ0n) is 11.7. The lowest BCUT2D eigenvalue weighted by Crippen LogP contribution is -2.39. The number of likely N-dealkylation sites (tertiary alicyclic amines) is 1. The molecule has 1 saturated heterocycles. The number of nitrogens with one attached hydrogen (secondary N) is 1. The van der Waals surface area contributed by atoms with Crippen LogP contribution in [-0.4, -0.2) is 42.7 Å². The lowest BCUT2D eigenvalue weighted by atomic mass is 9.96. The van der Waals surface area contributed by atoms with Crippen LogP contribution in [0.15, 0.2) is 11.4 Å². The number of hydrogen-bond acceptors (Lipinski definition) is 4. The Labute approximate surface area is 123 Å². The lowest BCUT2D eigenvalue weighted by molar-refractivity contribution is -0.125. The molecule has 1 aliphatic rings. The minimum Gasteiger partial charge on any atom is -0.384 e. The molecular weight excluding hydrogens is 272 g/mol. The average Bonchev–Trinajstić information content (AvgIpc) is 2.92. The van der Waals surface area contributed by atoms with Gasteiger partial charge in [0.15, 0.2) is 0 Å². The van der Waals surface area contributed by atoms with E-state index in [0.717, 1.165) is 38.0 Å². The monoisotopic (exact) mass is 292 g/mol. The van der Waals surface area contributed by atoms with Gasteiger partial charge >= 0.3 is 0 Å². The Morgan fingerprint density at radius 1 is 1.55 bits per heavy atom. The highest BCUT2D eigenvalue weighted by molar-refractivity contribution is 7.10. The lowest BCUT2D eigenvalue weighted by Gasteiger charge is -2.30. The van der Waals surface area contributed by atoms with Crippen LogP contribution >= 0.6 is 11.3 Å². The molecule has 1 aliphatic heterocycles. The van der Waals surface area contributed by atoms with E-state index in [2.05, 4.69) is 28.1 Å². The second kappa shape index (κ2) is 7.44. The van der Waals surface area contributed by atoms with Crippen LogP contribution in [-0.2, 0) is 11.3 Å². The number of piperidine rings is 1. The third-order valence-electron chi connectivity index (χ3n) is 3.55. The Balaban J connectivity index is 1.83. The van der Waals surface area contributed by atoms with Crippen molar-refractivity contribution >= 4 is 17.2 Å². The van der Waals surface area contributed by atoms with Gasteiger partial charge in [-0.25, -0.2) is 0 Å². The fourth-order valence-electron chi connectivity index (χ4n) is 2.45. The number of nitrogens with zero attached hydrogens (tertiary/aromatic N) is 1. The molecule has 2 N–H and O–H groups in total. The average molecular weight is 292 g/mol. The van der Waals surface area contributed by atoms with E-state index in [4.69, 9.17) is 5.11 Å². The molecule has 0 spiro atoms. The molecule has 0 aliphatic carbocycles. The van der Waals surface area contributed by atoms with Gasteiger partial charge in [-0.1, -0.05) is 11.8 Å². The number of rotatable bonds is 3. The summed E-state index contributed by atoms with van der Waals surface area (Å²) < 4.78 is 0. The zero-order chi connectivity index (χ0) is 14.4. The van der Waals surface area contributed by atoms with Gasteiger partial charge in [0.25, 0.3) is 0 Å². The summed E-state index contributed by atoms with van der Waals surface area (Å²) in [4.78, 5) is 15.2. The maximum atomic E-state index is 11.6. The Hall–Kier alpha value is -1.35. The molecule has 0 saturated carbocycles. The molecular formula is C15H20N2O2S. The van der Waals surface area contributed by atoms with E-state index in [1.54, 1.807) is 18.4 Å². The van der Waals surface area contributed by atoms with Crippen molar-refractivity contribution in [3.63, 3.8) is 0 Å². The molecule has 5 heteroatoms. The Kier molecular flexibility index (Phi) is 5.60. The minimum absolute atomic E-state index is 0.0990. The Morgan fingerprint density at radius 2 is 2.30 bits per heavy atom. The number of thiophene rings is 1. The second-order valence-corrected chi connectivity index (χ2v) is 5.92. The van der Waals surface area contributed by atoms with Gasteiger partial charge in [-0.3, -0.25) is 9.69 Å². The summed E-state index contributed by atoms with van der Waals surface area (Å²) in [5, 5.41) is 13.4. The van der Waals surface area contributed by atoms with Gasteiger partial charge in [-0.05, 0) is 32.0 Å². The summed E-state index contributed by atoms with van der Waals surface area (Å²) in [6, 6.07) is 2.08. The third kappa shape index (κ3) is 4.07. The number of aliphatic hydroxyl groups excluding tert-OH is 1. The second-order valence-electron chi connectivity index (χ2n) is 4.93. The van der Waals surface area contributed by atoms with Gasteiger partial charge in [0.2, 0.25) is 5.91 Å². The van der Waals surface area contributed by atoms with Gasteiger partial charge in [-0.15, -0.1) is 11.3 Å². The largest absolute Gasteiger partial charge is 0.384 e. The Morgan fingerprint density at radius 3 is 2.95 bits per heavy atom. The van der Waals surface area contributed by atoms with Gasteiger partial charge in [0.1, 0.15) is 6.61 Å². The number of hydrogen-bond donors (Lipinski definition) is 2. The smallest absolute Gasteiger partial charge is 0.222 e. The molecule has 2 rings (SSSR count). The first-order valence-corrected chi connectivity index (χ1v) is 7.72. The van der Waals surface area contributed by atoms with Crippen molar-refractivity contribution in [3.8, 4) is 11.8 Å². The van der Waals surface area contributed by atoms with Crippen LogP contribution in [0.5, 0.6) is 0 Å². The van der Waals surface area contributed by atoms with Crippen LogP contribution < -0.4 is 5.32 Å². The van der Waals surface area contributed by atoms with Crippen molar-refractivity contribution in [1.82, 2.24) is 10.2 Å². The van der Waals surface area contributed by atoms with E-state index in [9.17, 15) is 4.79 Å². The SMILES string of the molecule is CNC(=O)C1CCN(Cc2cc(C#CCO)cs2)CC1. The summed E-state index contributed by atoms with van der Waals surface area (Å²) >= 11 is 1.70. The highest BCUT2D eigenvalue weighted by Gasteiger charge is 2.24. The molecule has 20 heavy (non-hydrogen) atoms. The summed E-state index contributed by atoms with van der Waals surface area (Å²) in [6.07, 6.45) is 1.87. The van der Waals surface area contributed by atoms with E-state index >= 15 is 0 Å². The summed E-state index contributed by atoms with van der Waals surface area (Å²) in [5.41, 5.74) is 0.972. The van der Waals surface area contributed by atoms with Crippen molar-refractivity contribution in [2.24, 2.45) is 5.92 Å². The summed E-state index contributed by atoms with van der Waals surface area (Å²) in [6.45, 7) is 2.76. The zero-order valence-corrected chi connectivity index (χ0v) is 12.5. The van der Waals surface area contributed by atoms with Gasteiger partial charge in [0, 0.05) is 35.3 Å². The van der Waals surface area contributed by atoms with Gasteiger partial charge < -0.3 is 10.4 Å². The van der Waals surface area contributed by atoms with Crippen molar-refractivity contribution in [3.05, 3.63) is 21.9 Å². The van der Waals surface area contributed by atoms with Gasteiger partial charge in [0.05, 0.1) is 0 Å². The minimum atomic E-state index is -0.0990. The molecule has 2 heterocycles. The quantitative estimate of drug-likeness (QED) is 0.819. The van der Waals surface area contributed by atoms with E-state index in [0.29, 0.717) is 0 Å². The van der Waals surface area contributed by atoms with E-state index < -0.39 is 0 Å². The molecule has 0 aromatic carbocycles. The normalized spacial score (nSPS) is 16.5. The maximum Gasteiger partial charge on any atom is 0.222 e. The number of carbonyl (C=O) groups is 1. The van der Waals surface area contributed by atoms with E-state index in [-0.39, 0.29) is 18.4 Å². The van der Waals surface area contributed by atoms with Crippen molar-refractivity contribution < 1.29 is 9.90 Å². The highest BCUT2D eigenvalue weighted by atomic mass is 32.1.